The topological polar surface area (TPSA) is 165 Å². The van der Waals surface area contributed by atoms with Crippen molar-refractivity contribution in [2.45, 2.75) is 38.5 Å². The summed E-state index contributed by atoms with van der Waals surface area (Å²) in [5, 5.41) is 48.6. The summed E-state index contributed by atoms with van der Waals surface area (Å²) in [7, 11) is 0. The van der Waals surface area contributed by atoms with E-state index in [1.54, 1.807) is 0 Å². The van der Waals surface area contributed by atoms with E-state index in [9.17, 15) is 9.59 Å². The average Bonchev–Trinajstić information content (AvgIpc) is 2.51. The van der Waals surface area contributed by atoms with Crippen LogP contribution in [0, 0.1) is 0 Å². The average molecular weight is 342 g/mol. The SMILES string of the molecule is O=C(O)CCCCC(=O)O.OCCCCO.OCCOCCO. The Labute approximate surface area is 136 Å². The van der Waals surface area contributed by atoms with Gasteiger partial charge in [0.1, 0.15) is 0 Å². The first-order chi connectivity index (χ1) is 11.0. The van der Waals surface area contributed by atoms with E-state index < -0.39 is 11.9 Å². The Kier molecular flexibility index (Phi) is 29.7. The van der Waals surface area contributed by atoms with E-state index in [-0.39, 0.29) is 39.3 Å². The molecule has 140 valence electrons. The van der Waals surface area contributed by atoms with Crippen LogP contribution < -0.4 is 0 Å². The van der Waals surface area contributed by atoms with Gasteiger partial charge in [-0.1, -0.05) is 0 Å². The van der Waals surface area contributed by atoms with E-state index in [2.05, 4.69) is 4.74 Å². The van der Waals surface area contributed by atoms with Crippen LogP contribution in [-0.2, 0) is 14.3 Å². The third kappa shape index (κ3) is 44.9. The van der Waals surface area contributed by atoms with Crippen molar-refractivity contribution in [2.24, 2.45) is 0 Å². The number of aliphatic hydroxyl groups excluding tert-OH is 4. The minimum atomic E-state index is -0.870. The van der Waals surface area contributed by atoms with Gasteiger partial charge < -0.3 is 35.4 Å². The molecule has 0 spiro atoms. The van der Waals surface area contributed by atoms with Crippen LogP contribution >= 0.6 is 0 Å². The molecule has 0 atom stereocenters. The fraction of sp³-hybridized carbons (Fsp3) is 0.857. The summed E-state index contributed by atoms with van der Waals surface area (Å²) in [5.74, 6) is -1.74. The molecule has 9 heteroatoms. The van der Waals surface area contributed by atoms with Crippen LogP contribution in [0.2, 0.25) is 0 Å². The standard InChI is InChI=1S/C6H10O4.C4H10O3.C4H10O2/c7-5(8)3-1-2-4-6(9)10;5-1-3-7-4-2-6;5-3-1-2-4-6/h1-4H2,(H,7,8)(H,9,10);5-6H,1-4H2;5-6H,1-4H2. The molecule has 0 bridgehead atoms. The van der Waals surface area contributed by atoms with Crippen LogP contribution in [0.5, 0.6) is 0 Å². The molecular weight excluding hydrogens is 312 g/mol. The Morgan fingerprint density at radius 1 is 0.609 bits per heavy atom. The Morgan fingerprint density at radius 2 is 0.957 bits per heavy atom. The summed E-state index contributed by atoms with van der Waals surface area (Å²) in [6.07, 6.45) is 2.46. The van der Waals surface area contributed by atoms with E-state index >= 15 is 0 Å². The number of unbranched alkanes of at least 4 members (excludes halogenated alkanes) is 2. The molecule has 0 amide bonds. The van der Waals surface area contributed by atoms with E-state index in [4.69, 9.17) is 30.6 Å². The maximum atomic E-state index is 9.90. The lowest BCUT2D eigenvalue weighted by molar-refractivity contribution is -0.139. The molecule has 0 aromatic carbocycles. The molecule has 6 N–H and O–H groups in total. The van der Waals surface area contributed by atoms with Gasteiger partial charge in [0.2, 0.25) is 0 Å². The second kappa shape index (κ2) is 25.7. The van der Waals surface area contributed by atoms with Crippen LogP contribution in [0.25, 0.3) is 0 Å². The zero-order chi connectivity index (χ0) is 18.3. The number of ether oxygens (including phenoxy) is 1. The molecule has 9 nitrogen and oxygen atoms in total. The van der Waals surface area contributed by atoms with Crippen LogP contribution in [0.3, 0.4) is 0 Å². The molecule has 0 heterocycles. The predicted molar refractivity (Wildman–Crippen MR) is 82.1 cm³/mol. The van der Waals surface area contributed by atoms with E-state index in [0.29, 0.717) is 26.1 Å². The molecule has 0 radical (unpaired) electrons. The van der Waals surface area contributed by atoms with Crippen LogP contribution in [-0.4, -0.2) is 82.2 Å². The Balaban J connectivity index is -0.000000272. The molecule has 23 heavy (non-hydrogen) atoms. The van der Waals surface area contributed by atoms with Crippen molar-refractivity contribution in [1.29, 1.82) is 0 Å². The van der Waals surface area contributed by atoms with Crippen LogP contribution in [0.15, 0.2) is 0 Å². The zero-order valence-corrected chi connectivity index (χ0v) is 13.4. The van der Waals surface area contributed by atoms with Gasteiger partial charge in [0.15, 0.2) is 0 Å². The molecular formula is C14H30O9. The Hall–Kier alpha value is -1.26. The molecule has 0 aromatic heterocycles. The third-order valence-electron chi connectivity index (χ3n) is 2.07. The summed E-state index contributed by atoms with van der Waals surface area (Å²) in [6.45, 7) is 1.09. The number of aliphatic carboxylic acids is 2. The zero-order valence-electron chi connectivity index (χ0n) is 13.4. The smallest absolute Gasteiger partial charge is 0.303 e. The minimum Gasteiger partial charge on any atom is -0.481 e. The van der Waals surface area contributed by atoms with E-state index in [1.807, 2.05) is 0 Å². The monoisotopic (exact) mass is 342 g/mol. The molecule has 0 saturated carbocycles. The van der Waals surface area contributed by atoms with Gasteiger partial charge in [-0.3, -0.25) is 9.59 Å². The molecule has 0 aliphatic heterocycles. The highest BCUT2D eigenvalue weighted by atomic mass is 16.5. The molecule has 0 fully saturated rings. The number of aliphatic hydroxyl groups is 4. The van der Waals surface area contributed by atoms with Gasteiger partial charge in [0.05, 0.1) is 26.4 Å². The predicted octanol–water partition coefficient (Wildman–Crippen LogP) is -0.545. The lowest BCUT2D eigenvalue weighted by Crippen LogP contribution is -2.03. The summed E-state index contributed by atoms with van der Waals surface area (Å²) < 4.78 is 4.63. The van der Waals surface area contributed by atoms with Gasteiger partial charge in [0.25, 0.3) is 0 Å². The van der Waals surface area contributed by atoms with Crippen molar-refractivity contribution in [1.82, 2.24) is 0 Å². The highest BCUT2D eigenvalue weighted by Crippen LogP contribution is 1.98. The highest BCUT2D eigenvalue weighted by Gasteiger charge is 1.99. The fourth-order valence-corrected chi connectivity index (χ4v) is 1.01. The van der Waals surface area contributed by atoms with Crippen molar-refractivity contribution >= 4 is 11.9 Å². The maximum absolute atomic E-state index is 9.90. The fourth-order valence-electron chi connectivity index (χ4n) is 1.01. The molecule has 0 unspecified atom stereocenters. The first-order valence-electron chi connectivity index (χ1n) is 7.40. The summed E-state index contributed by atoms with van der Waals surface area (Å²) >= 11 is 0. The molecule has 0 aromatic rings. The molecule has 0 aliphatic carbocycles. The van der Waals surface area contributed by atoms with Crippen molar-refractivity contribution < 1.29 is 45.0 Å². The van der Waals surface area contributed by atoms with Gasteiger partial charge in [-0.25, -0.2) is 0 Å². The highest BCUT2D eigenvalue weighted by molar-refractivity contribution is 5.67. The van der Waals surface area contributed by atoms with E-state index in [1.165, 1.54) is 0 Å². The summed E-state index contributed by atoms with van der Waals surface area (Å²) in [6, 6.07) is 0. The van der Waals surface area contributed by atoms with Gasteiger partial charge in [-0.05, 0) is 25.7 Å². The second-order valence-electron chi connectivity index (χ2n) is 4.21. The Bertz CT molecular complexity index is 222. The van der Waals surface area contributed by atoms with Crippen molar-refractivity contribution in [3.05, 3.63) is 0 Å². The number of rotatable bonds is 12. The summed E-state index contributed by atoms with van der Waals surface area (Å²) in [5.41, 5.74) is 0. The van der Waals surface area contributed by atoms with Crippen LogP contribution in [0.1, 0.15) is 38.5 Å². The normalized spacial score (nSPS) is 9.22. The van der Waals surface area contributed by atoms with Crippen LogP contribution in [0.4, 0.5) is 0 Å². The summed E-state index contributed by atoms with van der Waals surface area (Å²) in [4.78, 5) is 19.8. The van der Waals surface area contributed by atoms with Gasteiger partial charge in [0, 0.05) is 26.1 Å². The largest absolute Gasteiger partial charge is 0.481 e. The quantitative estimate of drug-likeness (QED) is 0.255. The number of hydrogen-bond donors (Lipinski definition) is 6. The lowest BCUT2D eigenvalue weighted by atomic mass is 10.2. The third-order valence-corrected chi connectivity index (χ3v) is 2.07. The molecule has 0 saturated heterocycles. The first kappa shape index (κ1) is 26.6. The van der Waals surface area contributed by atoms with Gasteiger partial charge in [-0.15, -0.1) is 0 Å². The minimum absolute atomic E-state index is 0.0278. The maximum Gasteiger partial charge on any atom is 0.303 e. The number of carboxylic acids is 2. The molecule has 0 rings (SSSR count). The van der Waals surface area contributed by atoms with Crippen molar-refractivity contribution in [3.63, 3.8) is 0 Å². The Morgan fingerprint density at radius 3 is 1.17 bits per heavy atom. The second-order valence-corrected chi connectivity index (χ2v) is 4.21. The number of carbonyl (C=O) groups is 2. The van der Waals surface area contributed by atoms with Gasteiger partial charge in [-0.2, -0.15) is 0 Å². The number of carboxylic acid groups (broad SMARTS) is 2. The lowest BCUT2D eigenvalue weighted by Gasteiger charge is -1.94. The van der Waals surface area contributed by atoms with Gasteiger partial charge >= 0.3 is 11.9 Å². The van der Waals surface area contributed by atoms with Crippen molar-refractivity contribution in [2.75, 3.05) is 39.6 Å². The molecule has 0 aliphatic rings. The first-order valence-corrected chi connectivity index (χ1v) is 7.40. The number of hydrogen-bond acceptors (Lipinski definition) is 7. The van der Waals surface area contributed by atoms with Crippen molar-refractivity contribution in [3.8, 4) is 0 Å². The van der Waals surface area contributed by atoms with E-state index in [0.717, 1.165) is 12.8 Å².